The summed E-state index contributed by atoms with van der Waals surface area (Å²) < 4.78 is 11.7. The Hall–Kier alpha value is -3.23. The second-order valence-corrected chi connectivity index (χ2v) is 7.57. The van der Waals surface area contributed by atoms with E-state index in [2.05, 4.69) is 20.1 Å². The lowest BCUT2D eigenvalue weighted by molar-refractivity contribution is 0.101. The van der Waals surface area contributed by atoms with Crippen molar-refractivity contribution in [2.75, 3.05) is 20.2 Å². The largest absolute Gasteiger partial charge is 0.496 e. The van der Waals surface area contributed by atoms with E-state index in [9.17, 15) is 4.79 Å². The normalized spacial score (nSPS) is 20.1. The number of hydrogen-bond donors (Lipinski definition) is 2. The number of carbonyl (C=O) groups excluding carboxylic acids is 1. The lowest BCUT2D eigenvalue weighted by Crippen LogP contribution is -2.35. The van der Waals surface area contributed by atoms with Crippen LogP contribution in [0.2, 0.25) is 0 Å². The number of allylic oxidation sites excluding steroid dienone is 1. The Labute approximate surface area is 173 Å². The summed E-state index contributed by atoms with van der Waals surface area (Å²) in [5.41, 5.74) is 8.64. The highest BCUT2D eigenvalue weighted by Crippen LogP contribution is 2.41. The van der Waals surface area contributed by atoms with Crippen molar-refractivity contribution in [1.29, 1.82) is 0 Å². The number of aromatic nitrogens is 3. The number of nitrogens with one attached hydrogen (secondary N) is 1. The predicted molar refractivity (Wildman–Crippen MR) is 112 cm³/mol. The Morgan fingerprint density at radius 2 is 2.30 bits per heavy atom. The fourth-order valence-corrected chi connectivity index (χ4v) is 4.31. The summed E-state index contributed by atoms with van der Waals surface area (Å²) in [6, 6.07) is 7.66. The number of hydrogen-bond acceptors (Lipinski definition) is 7. The number of fused-ring (bicyclic) bond motifs is 2. The van der Waals surface area contributed by atoms with Crippen molar-refractivity contribution in [2.45, 2.75) is 25.4 Å². The van der Waals surface area contributed by atoms with Crippen LogP contribution in [0.15, 0.2) is 36.2 Å². The molecule has 3 aromatic rings. The lowest BCUT2D eigenvalue weighted by Gasteiger charge is -2.24. The van der Waals surface area contributed by atoms with Gasteiger partial charge in [-0.25, -0.2) is 4.98 Å². The number of ketones is 1. The van der Waals surface area contributed by atoms with E-state index >= 15 is 0 Å². The molecule has 0 aliphatic carbocycles. The van der Waals surface area contributed by atoms with Crippen LogP contribution in [0.5, 0.6) is 11.5 Å². The summed E-state index contributed by atoms with van der Waals surface area (Å²) in [5, 5.41) is 7.98. The van der Waals surface area contributed by atoms with Crippen molar-refractivity contribution in [3.63, 3.8) is 0 Å². The Kier molecular flexibility index (Phi) is 4.72. The number of benzene rings is 1. The molecule has 5 rings (SSSR count). The molecule has 0 bridgehead atoms. The molecule has 2 aliphatic rings. The molecule has 1 saturated heterocycles. The summed E-state index contributed by atoms with van der Waals surface area (Å²) in [6.07, 6.45) is 5.55. The number of carbonyl (C=O) groups is 1. The van der Waals surface area contributed by atoms with Gasteiger partial charge in [-0.05, 0) is 43.7 Å². The summed E-state index contributed by atoms with van der Waals surface area (Å²) in [4.78, 5) is 19.6. The van der Waals surface area contributed by atoms with Gasteiger partial charge in [0, 0.05) is 36.8 Å². The molecule has 3 N–H and O–H groups in total. The number of H-pyrrole nitrogens is 1. The highest BCUT2D eigenvalue weighted by Gasteiger charge is 2.34. The highest BCUT2D eigenvalue weighted by atomic mass is 16.5. The minimum absolute atomic E-state index is 0.161. The molecule has 0 amide bonds. The van der Waals surface area contributed by atoms with Crippen LogP contribution in [0.4, 0.5) is 0 Å². The molecule has 8 nitrogen and oxygen atoms in total. The van der Waals surface area contributed by atoms with Crippen LogP contribution in [0.1, 0.15) is 34.5 Å². The van der Waals surface area contributed by atoms with Crippen LogP contribution in [0.25, 0.3) is 17.1 Å². The molecular weight excluding hydrogens is 382 g/mol. The molecule has 4 heterocycles. The molecule has 0 spiro atoms. The Bertz CT molecular complexity index is 1150. The molecule has 8 heteroatoms. The van der Waals surface area contributed by atoms with Crippen LogP contribution in [-0.2, 0) is 6.54 Å². The molecule has 2 aliphatic heterocycles. The van der Waals surface area contributed by atoms with Gasteiger partial charge >= 0.3 is 0 Å². The molecule has 1 atom stereocenters. The van der Waals surface area contributed by atoms with Gasteiger partial charge in [0.25, 0.3) is 0 Å². The molecule has 0 radical (unpaired) electrons. The van der Waals surface area contributed by atoms with Crippen LogP contribution in [-0.4, -0.2) is 52.1 Å². The Morgan fingerprint density at radius 3 is 3.13 bits per heavy atom. The van der Waals surface area contributed by atoms with Gasteiger partial charge in [0.15, 0.2) is 11.4 Å². The van der Waals surface area contributed by atoms with E-state index in [1.165, 1.54) is 0 Å². The van der Waals surface area contributed by atoms with E-state index in [1.54, 1.807) is 25.4 Å². The van der Waals surface area contributed by atoms with E-state index in [-0.39, 0.29) is 11.5 Å². The predicted octanol–water partition coefficient (Wildman–Crippen LogP) is 2.51. The third-order valence-corrected chi connectivity index (χ3v) is 5.88. The van der Waals surface area contributed by atoms with E-state index in [4.69, 9.17) is 15.2 Å². The lowest BCUT2D eigenvalue weighted by atomic mass is 10.0. The number of Topliss-reactive ketones (excluding diaryl/α,β-unsaturated/α-hetero) is 1. The van der Waals surface area contributed by atoms with Gasteiger partial charge in [0.1, 0.15) is 11.5 Å². The standard InChI is InChI=1S/C22H23N5O3/c1-29-18-7-6-15-20(28)19(10-17-14-5-2-8-24-22(14)26-25-17)30-21(15)16(18)12-27-9-3-4-13(27)11-23/h2,5-8,10,13H,3-4,9,11-12,23H2,1H3,(H,24,25,26). The molecule has 2 aromatic heterocycles. The zero-order valence-corrected chi connectivity index (χ0v) is 16.7. The Balaban J connectivity index is 1.52. The third-order valence-electron chi connectivity index (χ3n) is 5.88. The third kappa shape index (κ3) is 3.05. The summed E-state index contributed by atoms with van der Waals surface area (Å²) >= 11 is 0. The number of ether oxygens (including phenoxy) is 2. The zero-order chi connectivity index (χ0) is 20.7. The quantitative estimate of drug-likeness (QED) is 0.628. The van der Waals surface area contributed by atoms with E-state index in [1.807, 2.05) is 18.2 Å². The van der Waals surface area contributed by atoms with Crippen LogP contribution >= 0.6 is 0 Å². The van der Waals surface area contributed by atoms with E-state index in [0.717, 1.165) is 30.3 Å². The van der Waals surface area contributed by atoms with Crippen molar-refractivity contribution >= 4 is 22.9 Å². The van der Waals surface area contributed by atoms with Crippen molar-refractivity contribution in [2.24, 2.45) is 5.73 Å². The van der Waals surface area contributed by atoms with Gasteiger partial charge in [0.2, 0.25) is 5.78 Å². The number of methoxy groups -OCH3 is 1. The van der Waals surface area contributed by atoms with Crippen LogP contribution in [0, 0.1) is 0 Å². The number of rotatable bonds is 5. The molecule has 1 aromatic carbocycles. The first kappa shape index (κ1) is 18.8. The maximum Gasteiger partial charge on any atom is 0.232 e. The van der Waals surface area contributed by atoms with Crippen molar-refractivity contribution in [3.05, 3.63) is 53.0 Å². The molecule has 30 heavy (non-hydrogen) atoms. The number of likely N-dealkylation sites (tertiary alicyclic amines) is 1. The van der Waals surface area contributed by atoms with Gasteiger partial charge in [-0.3, -0.25) is 14.8 Å². The number of nitrogens with two attached hydrogens (primary N) is 1. The number of nitrogens with zero attached hydrogens (tertiary/aromatic N) is 3. The van der Waals surface area contributed by atoms with Crippen molar-refractivity contribution in [1.82, 2.24) is 20.1 Å². The van der Waals surface area contributed by atoms with E-state index < -0.39 is 0 Å². The first-order valence-corrected chi connectivity index (χ1v) is 10.1. The maximum absolute atomic E-state index is 13.0. The highest BCUT2D eigenvalue weighted by molar-refractivity contribution is 6.15. The minimum atomic E-state index is -0.161. The second-order valence-electron chi connectivity index (χ2n) is 7.57. The van der Waals surface area contributed by atoms with Gasteiger partial charge < -0.3 is 15.2 Å². The average Bonchev–Trinajstić information content (AvgIpc) is 3.47. The van der Waals surface area contributed by atoms with Crippen molar-refractivity contribution in [3.8, 4) is 11.5 Å². The average molecular weight is 405 g/mol. The van der Waals surface area contributed by atoms with E-state index in [0.29, 0.717) is 47.5 Å². The van der Waals surface area contributed by atoms with Gasteiger partial charge in [-0.15, -0.1) is 0 Å². The SMILES string of the molecule is COc1ccc2c(c1CN1CCCC1CN)OC(=Cc1n[nH]c3ncccc13)C2=O. The van der Waals surface area contributed by atoms with Crippen LogP contribution in [0.3, 0.4) is 0 Å². The fourth-order valence-electron chi connectivity index (χ4n) is 4.31. The van der Waals surface area contributed by atoms with Crippen molar-refractivity contribution < 1.29 is 14.3 Å². The van der Waals surface area contributed by atoms with Gasteiger partial charge in [0.05, 0.1) is 23.9 Å². The monoisotopic (exact) mass is 405 g/mol. The van der Waals surface area contributed by atoms with Crippen LogP contribution < -0.4 is 15.2 Å². The Morgan fingerprint density at radius 1 is 1.40 bits per heavy atom. The first-order valence-electron chi connectivity index (χ1n) is 10.1. The summed E-state index contributed by atoms with van der Waals surface area (Å²) in [6.45, 7) is 2.21. The fraction of sp³-hybridized carbons (Fsp3) is 0.318. The molecular formula is C22H23N5O3. The molecule has 154 valence electrons. The van der Waals surface area contributed by atoms with Gasteiger partial charge in [-0.2, -0.15) is 5.10 Å². The molecule has 1 fully saturated rings. The van der Waals surface area contributed by atoms with Gasteiger partial charge in [-0.1, -0.05) is 0 Å². The minimum Gasteiger partial charge on any atom is -0.496 e. The zero-order valence-electron chi connectivity index (χ0n) is 16.7. The maximum atomic E-state index is 13.0. The second kappa shape index (κ2) is 7.55. The summed E-state index contributed by atoms with van der Waals surface area (Å²) in [5.74, 6) is 1.35. The topological polar surface area (TPSA) is 106 Å². The molecule has 1 unspecified atom stereocenters. The number of aromatic amines is 1. The number of pyridine rings is 1. The molecule has 0 saturated carbocycles. The first-order chi connectivity index (χ1) is 14.7. The summed E-state index contributed by atoms with van der Waals surface area (Å²) in [7, 11) is 1.63. The smallest absolute Gasteiger partial charge is 0.232 e.